The summed E-state index contributed by atoms with van der Waals surface area (Å²) in [6.45, 7) is 3.11. The van der Waals surface area contributed by atoms with E-state index in [1.54, 1.807) is 4.90 Å². The molecule has 1 amide bonds. The van der Waals surface area contributed by atoms with Crippen LogP contribution >= 0.6 is 0 Å². The van der Waals surface area contributed by atoms with E-state index in [0.717, 1.165) is 53.2 Å². The first-order valence-corrected chi connectivity index (χ1v) is 11.7. The van der Waals surface area contributed by atoms with Crippen molar-refractivity contribution in [3.63, 3.8) is 0 Å². The molecule has 2 N–H and O–H groups in total. The number of benzene rings is 2. The molecule has 0 spiro atoms. The highest BCUT2D eigenvalue weighted by atomic mass is 16.5. The molecule has 0 saturated carbocycles. The number of amides is 1. The Morgan fingerprint density at radius 3 is 2.62 bits per heavy atom. The van der Waals surface area contributed by atoms with Crippen LogP contribution < -0.4 is 4.74 Å². The first-order valence-electron chi connectivity index (χ1n) is 11.7. The molecule has 0 bridgehead atoms. The van der Waals surface area contributed by atoms with Crippen molar-refractivity contribution in [2.45, 2.75) is 44.8 Å². The van der Waals surface area contributed by atoms with Crippen LogP contribution in [0.25, 0.3) is 22.6 Å². The Bertz CT molecular complexity index is 1270. The molecule has 5 rings (SSSR count). The van der Waals surface area contributed by atoms with Gasteiger partial charge in [-0.3, -0.25) is 0 Å². The van der Waals surface area contributed by atoms with Crippen molar-refractivity contribution in [3.8, 4) is 17.1 Å². The molecule has 0 aliphatic carbocycles. The van der Waals surface area contributed by atoms with Crippen LogP contribution in [0.3, 0.4) is 0 Å². The summed E-state index contributed by atoms with van der Waals surface area (Å²) in [6, 6.07) is 22.1. The van der Waals surface area contributed by atoms with E-state index in [0.29, 0.717) is 18.8 Å². The molecule has 0 radical (unpaired) electrons. The predicted octanol–water partition coefficient (Wildman–Crippen LogP) is 5.84. The third kappa shape index (κ3) is 4.59. The lowest BCUT2D eigenvalue weighted by Gasteiger charge is -2.37. The van der Waals surface area contributed by atoms with Crippen molar-refractivity contribution >= 4 is 17.3 Å². The van der Waals surface area contributed by atoms with Gasteiger partial charge in [0.15, 0.2) is 5.65 Å². The fraction of sp³-hybridized carbons (Fsp3) is 0.296. The zero-order valence-electron chi connectivity index (χ0n) is 19.1. The molecule has 34 heavy (non-hydrogen) atoms. The molecular weight excluding hydrogens is 428 g/mol. The number of pyridine rings is 1. The van der Waals surface area contributed by atoms with Gasteiger partial charge in [-0.2, -0.15) is 0 Å². The summed E-state index contributed by atoms with van der Waals surface area (Å²) in [7, 11) is 0. The molecule has 3 heterocycles. The second-order valence-electron chi connectivity index (χ2n) is 8.75. The molecule has 2 aromatic heterocycles. The van der Waals surface area contributed by atoms with Gasteiger partial charge in [0, 0.05) is 29.8 Å². The van der Waals surface area contributed by atoms with Crippen LogP contribution in [0.2, 0.25) is 0 Å². The minimum atomic E-state index is -0.831. The average molecular weight is 457 g/mol. The van der Waals surface area contributed by atoms with Gasteiger partial charge in [0.1, 0.15) is 18.2 Å². The topological polar surface area (TPSA) is 91.3 Å². The third-order valence-electron chi connectivity index (χ3n) is 6.59. The van der Waals surface area contributed by atoms with Crippen LogP contribution in [-0.4, -0.2) is 43.6 Å². The smallest absolute Gasteiger partial charge is 0.407 e. The summed E-state index contributed by atoms with van der Waals surface area (Å²) in [5, 5.41) is 9.44. The maximum absolute atomic E-state index is 11.5. The van der Waals surface area contributed by atoms with Gasteiger partial charge in [0.05, 0.1) is 5.52 Å². The van der Waals surface area contributed by atoms with Crippen LogP contribution in [-0.2, 0) is 6.61 Å². The minimum Gasteiger partial charge on any atom is -0.489 e. The van der Waals surface area contributed by atoms with E-state index >= 15 is 0 Å². The molecule has 174 valence electrons. The van der Waals surface area contributed by atoms with E-state index in [4.69, 9.17) is 14.7 Å². The van der Waals surface area contributed by atoms with Crippen molar-refractivity contribution in [2.24, 2.45) is 0 Å². The Balaban J connectivity index is 1.29. The Hall–Kier alpha value is -3.87. The van der Waals surface area contributed by atoms with Gasteiger partial charge in [-0.15, -0.1) is 0 Å². The molecule has 7 nitrogen and oxygen atoms in total. The number of hydrogen-bond donors (Lipinski definition) is 2. The number of carbonyl (C=O) groups is 1. The van der Waals surface area contributed by atoms with E-state index < -0.39 is 6.09 Å². The quantitative estimate of drug-likeness (QED) is 0.380. The standard InChI is InChI=1S/C27H28N4O3/c1-2-21-16-20(14-15-31(21)27(32)33)23-12-13-24-26(28-23)30-25(29-24)19-8-10-22(11-9-19)34-17-18-6-4-3-5-7-18/h3-13,20-21H,2,14-17H2,1H3,(H,32,33)(H,28,29,30). The normalized spacial score (nSPS) is 18.2. The van der Waals surface area contributed by atoms with Crippen LogP contribution in [0, 0.1) is 0 Å². The van der Waals surface area contributed by atoms with Crippen molar-refractivity contribution in [3.05, 3.63) is 78.0 Å². The number of rotatable bonds is 6. The Labute approximate surface area is 198 Å². The molecule has 2 aromatic carbocycles. The van der Waals surface area contributed by atoms with Crippen molar-refractivity contribution < 1.29 is 14.6 Å². The maximum Gasteiger partial charge on any atom is 0.407 e. The number of imidazole rings is 1. The van der Waals surface area contributed by atoms with Gasteiger partial charge >= 0.3 is 6.09 Å². The summed E-state index contributed by atoms with van der Waals surface area (Å²) >= 11 is 0. The molecule has 1 fully saturated rings. The molecule has 4 aromatic rings. The van der Waals surface area contributed by atoms with Crippen LogP contribution in [0.1, 0.15) is 43.4 Å². The summed E-state index contributed by atoms with van der Waals surface area (Å²) in [5.74, 6) is 1.81. The van der Waals surface area contributed by atoms with Crippen LogP contribution in [0.4, 0.5) is 4.79 Å². The Morgan fingerprint density at radius 1 is 1.09 bits per heavy atom. The van der Waals surface area contributed by atoms with Gasteiger partial charge in [-0.05, 0) is 61.2 Å². The second-order valence-corrected chi connectivity index (χ2v) is 8.75. The van der Waals surface area contributed by atoms with Gasteiger partial charge < -0.3 is 19.7 Å². The number of H-pyrrole nitrogens is 1. The van der Waals surface area contributed by atoms with E-state index in [2.05, 4.69) is 4.98 Å². The highest BCUT2D eigenvalue weighted by molar-refractivity contribution is 5.76. The highest BCUT2D eigenvalue weighted by Gasteiger charge is 2.31. The molecule has 7 heteroatoms. The number of nitrogens with zero attached hydrogens (tertiary/aromatic N) is 3. The Morgan fingerprint density at radius 2 is 1.88 bits per heavy atom. The number of ether oxygens (including phenoxy) is 1. The second kappa shape index (κ2) is 9.55. The number of hydrogen-bond acceptors (Lipinski definition) is 4. The summed E-state index contributed by atoms with van der Waals surface area (Å²) < 4.78 is 5.88. The van der Waals surface area contributed by atoms with Crippen LogP contribution in [0.5, 0.6) is 5.75 Å². The van der Waals surface area contributed by atoms with Gasteiger partial charge in [-0.25, -0.2) is 14.8 Å². The van der Waals surface area contributed by atoms with Crippen molar-refractivity contribution in [2.75, 3.05) is 6.54 Å². The Kier molecular flexibility index (Phi) is 6.16. The zero-order valence-corrected chi connectivity index (χ0v) is 19.1. The lowest BCUT2D eigenvalue weighted by atomic mass is 9.87. The van der Waals surface area contributed by atoms with E-state index in [1.807, 2.05) is 73.7 Å². The number of carboxylic acid groups (broad SMARTS) is 1. The summed E-state index contributed by atoms with van der Waals surface area (Å²) in [4.78, 5) is 26.0. The predicted molar refractivity (Wildman–Crippen MR) is 131 cm³/mol. The maximum atomic E-state index is 11.5. The lowest BCUT2D eigenvalue weighted by molar-refractivity contribution is 0.0987. The number of aromatic nitrogens is 3. The van der Waals surface area contributed by atoms with Gasteiger partial charge in [0.2, 0.25) is 0 Å². The van der Waals surface area contributed by atoms with E-state index in [1.165, 1.54) is 0 Å². The van der Waals surface area contributed by atoms with Crippen molar-refractivity contribution in [1.29, 1.82) is 0 Å². The number of aromatic amines is 1. The number of piperidine rings is 1. The number of nitrogens with one attached hydrogen (secondary N) is 1. The molecule has 1 aliphatic rings. The first kappa shape index (κ1) is 21.9. The fourth-order valence-electron chi connectivity index (χ4n) is 4.68. The number of likely N-dealkylation sites (tertiary alicyclic amines) is 1. The van der Waals surface area contributed by atoms with E-state index in [9.17, 15) is 9.90 Å². The van der Waals surface area contributed by atoms with Gasteiger partial charge in [0.25, 0.3) is 0 Å². The fourth-order valence-corrected chi connectivity index (χ4v) is 4.68. The molecule has 2 unspecified atom stereocenters. The van der Waals surface area contributed by atoms with E-state index in [-0.39, 0.29) is 12.0 Å². The van der Waals surface area contributed by atoms with Gasteiger partial charge in [-0.1, -0.05) is 37.3 Å². The van der Waals surface area contributed by atoms with Crippen molar-refractivity contribution in [1.82, 2.24) is 19.9 Å². The largest absolute Gasteiger partial charge is 0.489 e. The zero-order chi connectivity index (χ0) is 23.5. The first-order chi connectivity index (χ1) is 16.6. The average Bonchev–Trinajstić information content (AvgIpc) is 3.31. The molecule has 1 aliphatic heterocycles. The van der Waals surface area contributed by atoms with Crippen LogP contribution in [0.15, 0.2) is 66.7 Å². The number of fused-ring (bicyclic) bond motifs is 1. The minimum absolute atomic E-state index is 0.0334. The molecule has 2 atom stereocenters. The monoisotopic (exact) mass is 456 g/mol. The third-order valence-corrected chi connectivity index (χ3v) is 6.59. The highest BCUT2D eigenvalue weighted by Crippen LogP contribution is 2.33. The summed E-state index contributed by atoms with van der Waals surface area (Å²) in [6.07, 6.45) is 1.55. The lowest BCUT2D eigenvalue weighted by Crippen LogP contribution is -2.44. The molecule has 1 saturated heterocycles. The molecular formula is C27H28N4O3. The SMILES string of the molecule is CCC1CC(c2ccc3[nH]c(-c4ccc(OCc5ccccc5)cc4)nc3n2)CCN1C(=O)O. The summed E-state index contributed by atoms with van der Waals surface area (Å²) in [5.41, 5.74) is 4.65.